The first-order chi connectivity index (χ1) is 7.25. The van der Waals surface area contributed by atoms with Gasteiger partial charge in [-0.2, -0.15) is 34.8 Å². The zero-order valence-corrected chi connectivity index (χ0v) is 9.43. The summed E-state index contributed by atoms with van der Waals surface area (Å²) in [5, 5.41) is -12.5. The van der Waals surface area contributed by atoms with Crippen LogP contribution >= 0.6 is 0 Å². The Hall–Kier alpha value is -0.400. The average Bonchev–Trinajstić information content (AvgIpc) is 2.16. The fourth-order valence-electron chi connectivity index (χ4n) is 0.601. The van der Waals surface area contributed by atoms with Gasteiger partial charge in [0.25, 0.3) is 0 Å². The van der Waals surface area contributed by atoms with Crippen LogP contribution in [0.3, 0.4) is 0 Å². The van der Waals surface area contributed by atoms with E-state index in [1.54, 1.807) is 0 Å². The van der Waals surface area contributed by atoms with Gasteiger partial charge in [-0.3, -0.25) is 4.21 Å². The Balaban J connectivity index is 5.87. The number of quaternary nitrogens is 1. The highest BCUT2D eigenvalue weighted by molar-refractivity contribution is 7.86. The highest BCUT2D eigenvalue weighted by Gasteiger charge is 2.79. The summed E-state index contributed by atoms with van der Waals surface area (Å²) >= 11 is -4.92. The molecule has 0 saturated heterocycles. The molecule has 5 nitrogen and oxygen atoms in total. The molecule has 0 aliphatic rings. The van der Waals surface area contributed by atoms with Crippen molar-refractivity contribution in [3.63, 3.8) is 0 Å². The molecule has 1 atom stereocenters. The van der Waals surface area contributed by atoms with Crippen molar-refractivity contribution >= 4 is 21.1 Å². The Morgan fingerprint density at radius 3 is 1.71 bits per heavy atom. The van der Waals surface area contributed by atoms with Crippen molar-refractivity contribution in [1.29, 1.82) is 0 Å². The highest BCUT2D eigenvalue weighted by atomic mass is 32.2. The van der Waals surface area contributed by atoms with Crippen LogP contribution in [-0.2, 0) is 21.1 Å². The second-order valence-electron chi connectivity index (χ2n) is 2.62. The normalized spacial score (nSPS) is 16.9. The molecule has 13 heteroatoms. The molecule has 0 spiro atoms. The van der Waals surface area contributed by atoms with Crippen molar-refractivity contribution in [3.8, 4) is 0 Å². The van der Waals surface area contributed by atoms with Crippen LogP contribution in [0.2, 0.25) is 0 Å². The number of rotatable bonds is 5. The lowest BCUT2D eigenvalue weighted by atomic mass is 10.3. The van der Waals surface area contributed by atoms with Gasteiger partial charge in [0.05, 0.1) is 7.05 Å². The van der Waals surface area contributed by atoms with E-state index in [0.717, 1.165) is 0 Å². The molecule has 0 fully saturated rings. The van der Waals surface area contributed by atoms with Gasteiger partial charge in [-0.05, 0) is 0 Å². The number of nitrogens with two attached hydrogens (primary N) is 1. The number of alkyl halides is 6. The second kappa shape index (κ2) is 4.37. The lowest BCUT2D eigenvalue weighted by Gasteiger charge is -2.31. The zero-order chi connectivity index (χ0) is 14.3. The summed E-state index contributed by atoms with van der Waals surface area (Å²) in [4.78, 5) is 0. The Bertz CT molecular complexity index is 420. The van der Waals surface area contributed by atoms with Crippen LogP contribution in [0.4, 0.5) is 26.3 Å². The van der Waals surface area contributed by atoms with Crippen molar-refractivity contribution in [2.45, 2.75) is 16.4 Å². The summed E-state index contributed by atoms with van der Waals surface area (Å²) in [6, 6.07) is 0. The summed E-state index contributed by atoms with van der Waals surface area (Å²) in [6.45, 7) is 0. The average molecular weight is 309 g/mol. The first-order valence-electron chi connectivity index (χ1n) is 3.52. The van der Waals surface area contributed by atoms with Crippen LogP contribution < -0.4 is 4.72 Å². The van der Waals surface area contributed by atoms with Crippen LogP contribution in [0, 0.1) is 0 Å². The largest absolute Gasteiger partial charge is 0.768 e. The van der Waals surface area contributed by atoms with Crippen LogP contribution in [0.25, 0.3) is 0 Å². The van der Waals surface area contributed by atoms with Crippen LogP contribution in [0.1, 0.15) is 0 Å². The highest BCUT2D eigenvalue weighted by Crippen LogP contribution is 2.48. The van der Waals surface area contributed by atoms with E-state index < -0.39 is 42.3 Å². The van der Waals surface area contributed by atoms with Gasteiger partial charge in [-0.1, -0.05) is 0 Å². The fourth-order valence-corrected chi connectivity index (χ4v) is 1.78. The Labute approximate surface area is 93.5 Å². The predicted octanol–water partition coefficient (Wildman–Crippen LogP) is -0.791. The maximum Gasteiger partial charge on any atom is 0.464 e. The first-order valence-corrected chi connectivity index (χ1v) is 6.14. The van der Waals surface area contributed by atoms with E-state index in [1.807, 2.05) is 0 Å². The van der Waals surface area contributed by atoms with Gasteiger partial charge in [-0.15, -0.1) is 0 Å². The molecule has 0 aromatic heterocycles. The molecule has 0 bridgehead atoms. The third kappa shape index (κ3) is 2.28. The molecule has 0 aliphatic carbocycles. The lowest BCUT2D eigenvalue weighted by Crippen LogP contribution is -2.89. The Kier molecular flexibility index (Phi) is 4.26. The fraction of sp³-hybridized carbons (Fsp3) is 1.00. The maximum absolute atomic E-state index is 12.7. The summed E-state index contributed by atoms with van der Waals surface area (Å²) in [5.41, 5.74) is 0. The number of hydrogen-bond donors (Lipinski definition) is 1. The van der Waals surface area contributed by atoms with Gasteiger partial charge >= 0.3 is 26.5 Å². The minimum atomic E-state index is -6.60. The van der Waals surface area contributed by atoms with Gasteiger partial charge in [-0.25, -0.2) is 4.72 Å². The van der Waals surface area contributed by atoms with E-state index >= 15 is 0 Å². The quantitative estimate of drug-likeness (QED) is 0.532. The molecule has 0 saturated carbocycles. The predicted molar refractivity (Wildman–Crippen MR) is 40.5 cm³/mol. The van der Waals surface area contributed by atoms with Gasteiger partial charge in [0.2, 0.25) is 0 Å². The van der Waals surface area contributed by atoms with Gasteiger partial charge in [0, 0.05) is 11.1 Å². The SMILES string of the molecule is C[NH2+]S(=O)(=O)C(F)(F)C(F)(F)C(F)(F)S(=O)[O-]. The number of hydrogen-bond acceptors (Lipinski definition) is 4. The van der Waals surface area contributed by atoms with Crippen LogP contribution in [0.5, 0.6) is 0 Å². The molecule has 104 valence electrons. The van der Waals surface area contributed by atoms with Gasteiger partial charge in [0.15, 0.2) is 0 Å². The number of halogens is 6. The molecule has 17 heavy (non-hydrogen) atoms. The standard InChI is InChI=1S/C4H5F6NO4S2/c1-11-17(14,15)4(9,10)2(5,6)3(7,8)16(12)13/h11H,1H3,(H,12,13). The lowest BCUT2D eigenvalue weighted by molar-refractivity contribution is -0.471. The zero-order valence-electron chi connectivity index (χ0n) is 7.79. The number of primary sulfonamides is 1. The molecule has 0 aromatic carbocycles. The molecule has 0 rings (SSSR count). The molecule has 1 unspecified atom stereocenters. The summed E-state index contributed by atoms with van der Waals surface area (Å²) in [7, 11) is -5.64. The number of sulfonamides is 1. The Morgan fingerprint density at radius 1 is 1.12 bits per heavy atom. The maximum atomic E-state index is 12.7. The first kappa shape index (κ1) is 16.6. The molecule has 0 heterocycles. The van der Waals surface area contributed by atoms with Crippen molar-refractivity contribution in [3.05, 3.63) is 0 Å². The van der Waals surface area contributed by atoms with Gasteiger partial charge < -0.3 is 4.55 Å². The van der Waals surface area contributed by atoms with Crippen molar-refractivity contribution in [2.75, 3.05) is 7.05 Å². The minimum absolute atomic E-state index is 0.394. The second-order valence-corrected chi connectivity index (χ2v) is 5.68. The summed E-state index contributed by atoms with van der Waals surface area (Å²) in [6.07, 6.45) is 0. The molecule has 0 radical (unpaired) electrons. The van der Waals surface area contributed by atoms with Gasteiger partial charge in [0.1, 0.15) is 0 Å². The van der Waals surface area contributed by atoms with Crippen LogP contribution in [0.15, 0.2) is 0 Å². The molecule has 0 aromatic rings. The van der Waals surface area contributed by atoms with E-state index in [9.17, 15) is 43.5 Å². The molecule has 2 N–H and O–H groups in total. The van der Waals surface area contributed by atoms with Crippen LogP contribution in [-0.4, -0.2) is 40.7 Å². The third-order valence-electron chi connectivity index (χ3n) is 1.61. The van der Waals surface area contributed by atoms with Crippen molar-refractivity contribution in [1.82, 2.24) is 0 Å². The summed E-state index contributed by atoms with van der Waals surface area (Å²) < 4.78 is 116. The van der Waals surface area contributed by atoms with E-state index in [4.69, 9.17) is 0 Å². The molecule has 0 amide bonds. The van der Waals surface area contributed by atoms with E-state index in [0.29, 0.717) is 7.05 Å². The third-order valence-corrected chi connectivity index (χ3v) is 3.87. The molecule has 0 aliphatic heterocycles. The topological polar surface area (TPSA) is 90.9 Å². The molecular weight excluding hydrogens is 304 g/mol. The van der Waals surface area contributed by atoms with E-state index in [1.165, 1.54) is 0 Å². The Morgan fingerprint density at radius 2 is 1.47 bits per heavy atom. The summed E-state index contributed by atoms with van der Waals surface area (Å²) in [5.74, 6) is -6.60. The van der Waals surface area contributed by atoms with Crippen molar-refractivity contribution < 1.29 is 48.2 Å². The monoisotopic (exact) mass is 309 g/mol. The van der Waals surface area contributed by atoms with E-state index in [2.05, 4.69) is 0 Å². The van der Waals surface area contributed by atoms with E-state index in [-0.39, 0.29) is 0 Å². The van der Waals surface area contributed by atoms with Crippen molar-refractivity contribution in [2.24, 2.45) is 0 Å². The molecular formula is C4H5F6NO4S2. The minimum Gasteiger partial charge on any atom is -0.768 e. The smallest absolute Gasteiger partial charge is 0.464 e.